The molecule has 0 radical (unpaired) electrons. The number of nitrogens with zero attached hydrogens (tertiary/aromatic N) is 5. The van der Waals surface area contributed by atoms with Crippen molar-refractivity contribution in [2.24, 2.45) is 5.92 Å². The number of likely N-dealkylation sites (tertiary alicyclic amines) is 1. The van der Waals surface area contributed by atoms with E-state index in [1.54, 1.807) is 0 Å². The van der Waals surface area contributed by atoms with E-state index in [0.717, 1.165) is 73.5 Å². The van der Waals surface area contributed by atoms with Crippen molar-refractivity contribution in [2.45, 2.75) is 32.1 Å². The Balaban J connectivity index is 1.04. The van der Waals surface area contributed by atoms with E-state index in [4.69, 9.17) is 15.0 Å². The molecule has 1 saturated heterocycles. The molecule has 3 N–H and O–H groups in total. The lowest BCUT2D eigenvalue weighted by molar-refractivity contribution is 0.248. The number of aromatic amines is 1. The average Bonchev–Trinajstić information content (AvgIpc) is 3.57. The molecule has 43 heavy (non-hydrogen) atoms. The standard InChI is InChI=1S/C35H34N8/c1-21-14-26(10-12-36-21)39-25-5-8-30-33(17-25)42-34(41-30)31-9-6-27(19-37-31)40-32-15-22(2)38-29-7-4-23(16-28(29)32)35-11-13-43(3)20-24(35)18-35/h4-10,12,14-17,19,24H,11,13,18,20H2,1-3H3,(H,36,39)(H,38,40)(H,41,42)/t24?,35-/m1/s1. The van der Waals surface area contributed by atoms with Gasteiger partial charge in [-0.1, -0.05) is 6.07 Å². The molecule has 4 aromatic heterocycles. The molecule has 1 unspecified atom stereocenters. The second-order valence-electron chi connectivity index (χ2n) is 12.3. The fourth-order valence-corrected chi connectivity index (χ4v) is 6.82. The lowest BCUT2D eigenvalue weighted by atomic mass is 9.86. The quantitative estimate of drug-likeness (QED) is 0.195. The molecule has 0 spiro atoms. The second-order valence-corrected chi connectivity index (χ2v) is 12.3. The van der Waals surface area contributed by atoms with Crippen molar-refractivity contribution in [1.29, 1.82) is 0 Å². The highest BCUT2D eigenvalue weighted by molar-refractivity contribution is 5.94. The maximum atomic E-state index is 4.84. The van der Waals surface area contributed by atoms with Gasteiger partial charge in [0.1, 0.15) is 5.69 Å². The first-order valence-electron chi connectivity index (χ1n) is 15.0. The highest BCUT2D eigenvalue weighted by Crippen LogP contribution is 2.59. The van der Waals surface area contributed by atoms with Gasteiger partial charge in [-0.3, -0.25) is 15.0 Å². The van der Waals surface area contributed by atoms with Gasteiger partial charge in [0.05, 0.1) is 28.4 Å². The number of imidazole rings is 1. The molecule has 2 atom stereocenters. The summed E-state index contributed by atoms with van der Waals surface area (Å²) in [6, 6.07) is 23.2. The van der Waals surface area contributed by atoms with Crippen LogP contribution in [0.1, 0.15) is 29.8 Å². The maximum absolute atomic E-state index is 4.84. The summed E-state index contributed by atoms with van der Waals surface area (Å²) in [6.45, 7) is 6.39. The van der Waals surface area contributed by atoms with Crippen LogP contribution in [0.25, 0.3) is 33.5 Å². The molecule has 2 aromatic carbocycles. The van der Waals surface area contributed by atoms with Crippen LogP contribution >= 0.6 is 0 Å². The van der Waals surface area contributed by atoms with E-state index in [1.807, 2.05) is 56.6 Å². The van der Waals surface area contributed by atoms with Crippen LogP contribution in [0.5, 0.6) is 0 Å². The Bertz CT molecular complexity index is 2000. The molecule has 1 aliphatic carbocycles. The van der Waals surface area contributed by atoms with Gasteiger partial charge in [0.15, 0.2) is 5.82 Å². The number of piperidine rings is 1. The van der Waals surface area contributed by atoms with E-state index in [-0.39, 0.29) is 0 Å². The van der Waals surface area contributed by atoms with Crippen LogP contribution < -0.4 is 10.6 Å². The molecule has 0 bridgehead atoms. The first kappa shape index (κ1) is 25.9. The summed E-state index contributed by atoms with van der Waals surface area (Å²) in [5.74, 6) is 1.51. The largest absolute Gasteiger partial charge is 0.355 e. The van der Waals surface area contributed by atoms with Crippen LogP contribution in [0.2, 0.25) is 0 Å². The molecule has 8 rings (SSSR count). The molecule has 2 fully saturated rings. The molecule has 1 saturated carbocycles. The van der Waals surface area contributed by atoms with Crippen molar-refractivity contribution in [3.05, 3.63) is 96.1 Å². The number of hydrogen-bond acceptors (Lipinski definition) is 7. The third-order valence-corrected chi connectivity index (χ3v) is 9.17. The van der Waals surface area contributed by atoms with E-state index in [0.29, 0.717) is 5.41 Å². The smallest absolute Gasteiger partial charge is 0.157 e. The van der Waals surface area contributed by atoms with Gasteiger partial charge in [-0.15, -0.1) is 0 Å². The van der Waals surface area contributed by atoms with Crippen LogP contribution in [0, 0.1) is 19.8 Å². The van der Waals surface area contributed by atoms with Crippen molar-refractivity contribution in [1.82, 2.24) is 29.8 Å². The van der Waals surface area contributed by atoms with Crippen LogP contribution in [0.15, 0.2) is 79.1 Å². The number of benzene rings is 2. The number of anilines is 4. The zero-order valence-corrected chi connectivity index (χ0v) is 24.6. The van der Waals surface area contributed by atoms with Crippen molar-refractivity contribution in [2.75, 3.05) is 30.8 Å². The molecular weight excluding hydrogens is 532 g/mol. The normalized spacial score (nSPS) is 19.8. The van der Waals surface area contributed by atoms with Crippen molar-refractivity contribution < 1.29 is 0 Å². The topological polar surface area (TPSA) is 94.6 Å². The number of nitrogens with one attached hydrogen (secondary N) is 3. The summed E-state index contributed by atoms with van der Waals surface area (Å²) in [7, 11) is 2.24. The molecular formula is C35H34N8. The molecule has 0 amide bonds. The fraction of sp³-hybridized carbons (Fsp3) is 0.257. The summed E-state index contributed by atoms with van der Waals surface area (Å²) in [4.78, 5) is 24.6. The Morgan fingerprint density at radius 1 is 0.837 bits per heavy atom. The van der Waals surface area contributed by atoms with E-state index >= 15 is 0 Å². The summed E-state index contributed by atoms with van der Waals surface area (Å²) < 4.78 is 0. The van der Waals surface area contributed by atoms with Gasteiger partial charge in [-0.2, -0.15) is 0 Å². The van der Waals surface area contributed by atoms with E-state index in [9.17, 15) is 0 Å². The predicted molar refractivity (Wildman–Crippen MR) is 173 cm³/mol. The molecule has 6 aromatic rings. The second kappa shape index (κ2) is 9.88. The molecule has 1 aliphatic heterocycles. The Morgan fingerprint density at radius 2 is 1.70 bits per heavy atom. The van der Waals surface area contributed by atoms with Crippen molar-refractivity contribution in [3.63, 3.8) is 0 Å². The van der Waals surface area contributed by atoms with Crippen LogP contribution in [0.3, 0.4) is 0 Å². The van der Waals surface area contributed by atoms with Crippen LogP contribution in [0.4, 0.5) is 22.7 Å². The van der Waals surface area contributed by atoms with Gasteiger partial charge < -0.3 is 20.5 Å². The summed E-state index contributed by atoms with van der Waals surface area (Å²) >= 11 is 0. The third-order valence-electron chi connectivity index (χ3n) is 9.17. The molecule has 214 valence electrons. The molecule has 8 nitrogen and oxygen atoms in total. The number of H-pyrrole nitrogens is 1. The predicted octanol–water partition coefficient (Wildman–Crippen LogP) is 7.27. The monoisotopic (exact) mass is 566 g/mol. The minimum atomic E-state index is 0.341. The maximum Gasteiger partial charge on any atom is 0.157 e. The van der Waals surface area contributed by atoms with E-state index in [1.165, 1.54) is 31.5 Å². The highest BCUT2D eigenvalue weighted by atomic mass is 15.1. The van der Waals surface area contributed by atoms with Gasteiger partial charge in [0.2, 0.25) is 0 Å². The third kappa shape index (κ3) is 4.77. The molecule has 5 heterocycles. The number of aromatic nitrogens is 5. The van der Waals surface area contributed by atoms with E-state index < -0.39 is 0 Å². The highest BCUT2D eigenvalue weighted by Gasteiger charge is 2.56. The van der Waals surface area contributed by atoms with Gasteiger partial charge >= 0.3 is 0 Å². The molecule has 2 aliphatic rings. The van der Waals surface area contributed by atoms with E-state index in [2.05, 4.69) is 68.9 Å². The summed E-state index contributed by atoms with van der Waals surface area (Å²) in [5, 5.41) is 8.24. The fourth-order valence-electron chi connectivity index (χ4n) is 6.82. The minimum Gasteiger partial charge on any atom is -0.355 e. The first-order valence-corrected chi connectivity index (χ1v) is 15.0. The van der Waals surface area contributed by atoms with Gasteiger partial charge in [0, 0.05) is 52.0 Å². The zero-order valence-electron chi connectivity index (χ0n) is 24.6. The Morgan fingerprint density at radius 3 is 2.53 bits per heavy atom. The van der Waals surface area contributed by atoms with Crippen LogP contribution in [-0.4, -0.2) is 50.0 Å². The Hall–Kier alpha value is -4.82. The van der Waals surface area contributed by atoms with Gasteiger partial charge in [-0.25, -0.2) is 4.98 Å². The molecule has 8 heteroatoms. The Labute approximate surface area is 250 Å². The number of aryl methyl sites for hydroxylation is 2. The van der Waals surface area contributed by atoms with Crippen LogP contribution in [-0.2, 0) is 5.41 Å². The number of rotatable bonds is 6. The Kier molecular flexibility index (Phi) is 5.94. The van der Waals surface area contributed by atoms with Gasteiger partial charge in [0.25, 0.3) is 0 Å². The first-order chi connectivity index (χ1) is 20.9. The minimum absolute atomic E-state index is 0.341. The van der Waals surface area contributed by atoms with Gasteiger partial charge in [-0.05, 0) is 112 Å². The zero-order chi connectivity index (χ0) is 29.1. The SMILES string of the molecule is Cc1cc(Nc2ccc3nc(-c4ccc(Nc5cc(C)nc6ccc([C@]78CCN(C)CC7C8)cc56)cn4)[nH]c3c2)ccn1. The summed E-state index contributed by atoms with van der Waals surface area (Å²) in [5.41, 5.74) is 11.4. The van der Waals surface area contributed by atoms with Crippen molar-refractivity contribution in [3.8, 4) is 11.5 Å². The number of fused-ring (bicyclic) bond motifs is 3. The number of pyridine rings is 3. The average molecular weight is 567 g/mol. The summed E-state index contributed by atoms with van der Waals surface area (Å²) in [6.07, 6.45) is 6.21. The van der Waals surface area contributed by atoms with Crippen molar-refractivity contribution >= 4 is 44.7 Å². The lowest BCUT2D eigenvalue weighted by Gasteiger charge is -2.29. The number of hydrogen-bond donors (Lipinski definition) is 3. The lowest BCUT2D eigenvalue weighted by Crippen LogP contribution is -2.33.